The van der Waals surface area contributed by atoms with Crippen molar-refractivity contribution in [2.24, 2.45) is 4.99 Å². The van der Waals surface area contributed by atoms with Crippen LogP contribution < -0.4 is 10.6 Å². The average Bonchev–Trinajstić information content (AvgIpc) is 2.24. The molecule has 1 aromatic carbocycles. The molecule has 2 N–H and O–H groups in total. The lowest BCUT2D eigenvalue weighted by atomic mass is 10.1. The minimum atomic E-state index is 0.408. The van der Waals surface area contributed by atoms with Crippen molar-refractivity contribution in [1.82, 2.24) is 5.32 Å². The number of anilines is 1. The maximum Gasteiger partial charge on any atom is 0.209 e. The Bertz CT molecular complexity index is 476. The summed E-state index contributed by atoms with van der Waals surface area (Å²) in [5.41, 5.74) is 1.66. The topological polar surface area (TPSA) is 60.2 Å². The minimum absolute atomic E-state index is 0.408. The summed E-state index contributed by atoms with van der Waals surface area (Å²) in [7, 11) is 0. The molecule has 4 nitrogen and oxygen atoms in total. The van der Waals surface area contributed by atoms with Gasteiger partial charge in [0.25, 0.3) is 0 Å². The molecule has 0 unspecified atom stereocenters. The number of nitriles is 1. The van der Waals surface area contributed by atoms with Crippen molar-refractivity contribution in [2.75, 3.05) is 5.32 Å². The van der Waals surface area contributed by atoms with Crippen molar-refractivity contribution >= 4 is 34.8 Å². The predicted molar refractivity (Wildman–Crippen MR) is 60.0 cm³/mol. The van der Waals surface area contributed by atoms with Gasteiger partial charge in [-0.1, -0.05) is 23.2 Å². The van der Waals surface area contributed by atoms with Crippen LogP contribution in [0, 0.1) is 11.5 Å². The third-order valence-corrected chi connectivity index (χ3v) is 2.86. The van der Waals surface area contributed by atoms with Gasteiger partial charge in [0.05, 0.1) is 16.6 Å². The molecule has 0 aliphatic carbocycles. The van der Waals surface area contributed by atoms with E-state index < -0.39 is 0 Å². The molecule has 0 saturated carbocycles. The highest BCUT2D eigenvalue weighted by molar-refractivity contribution is 6.42. The van der Waals surface area contributed by atoms with Crippen molar-refractivity contribution in [3.8, 4) is 6.19 Å². The van der Waals surface area contributed by atoms with E-state index in [4.69, 9.17) is 28.5 Å². The molecule has 0 radical (unpaired) electrons. The van der Waals surface area contributed by atoms with E-state index in [0.717, 1.165) is 11.3 Å². The van der Waals surface area contributed by atoms with Crippen molar-refractivity contribution < 1.29 is 0 Å². The fourth-order valence-corrected chi connectivity index (χ4v) is 1.71. The summed E-state index contributed by atoms with van der Waals surface area (Å²) >= 11 is 11.9. The molecule has 0 saturated heterocycles. The van der Waals surface area contributed by atoms with Gasteiger partial charge in [-0.2, -0.15) is 5.26 Å². The third kappa shape index (κ3) is 1.84. The highest BCUT2D eigenvalue weighted by Crippen LogP contribution is 2.33. The van der Waals surface area contributed by atoms with Gasteiger partial charge >= 0.3 is 0 Å². The van der Waals surface area contributed by atoms with Crippen LogP contribution in [0.5, 0.6) is 0 Å². The van der Waals surface area contributed by atoms with Gasteiger partial charge in [0.1, 0.15) is 0 Å². The molecule has 1 heterocycles. The summed E-state index contributed by atoms with van der Waals surface area (Å²) < 4.78 is 0. The number of hydrogen-bond acceptors (Lipinski definition) is 4. The molecule has 1 aliphatic rings. The zero-order chi connectivity index (χ0) is 10.8. The number of guanidine groups is 1. The summed E-state index contributed by atoms with van der Waals surface area (Å²) in [6.07, 6.45) is 1.79. The molecular formula is C9H6Cl2N4. The molecule has 15 heavy (non-hydrogen) atoms. The Morgan fingerprint density at radius 2 is 2.27 bits per heavy atom. The molecule has 6 heteroatoms. The average molecular weight is 241 g/mol. The first kappa shape index (κ1) is 10.1. The second-order valence-corrected chi connectivity index (χ2v) is 3.70. The van der Waals surface area contributed by atoms with Gasteiger partial charge in [-0.25, -0.2) is 4.99 Å². The molecule has 1 aromatic rings. The van der Waals surface area contributed by atoms with Crippen molar-refractivity contribution in [1.29, 1.82) is 5.26 Å². The van der Waals surface area contributed by atoms with Crippen LogP contribution in [0.1, 0.15) is 5.56 Å². The Labute approximate surface area is 96.5 Å². The number of hydrogen-bond donors (Lipinski definition) is 2. The summed E-state index contributed by atoms with van der Waals surface area (Å²) in [4.78, 5) is 4.09. The molecular weight excluding hydrogens is 235 g/mol. The van der Waals surface area contributed by atoms with Gasteiger partial charge in [0.15, 0.2) is 6.19 Å². The molecule has 0 spiro atoms. The number of fused-ring (bicyclic) bond motifs is 1. The van der Waals surface area contributed by atoms with Gasteiger partial charge in [-0.05, 0) is 12.1 Å². The standard InChI is InChI=1S/C9H6Cl2N4/c10-6-1-2-7-5(8(6)11)3-13-9(15-7)14-4-12/h1-2H,3H2,(H2,13,14,15). The Balaban J connectivity index is 2.35. The lowest BCUT2D eigenvalue weighted by molar-refractivity contribution is 1.02. The first-order valence-corrected chi connectivity index (χ1v) is 4.91. The molecule has 0 atom stereocenters. The van der Waals surface area contributed by atoms with Crippen LogP contribution in [0.4, 0.5) is 5.69 Å². The number of halogens is 2. The van der Waals surface area contributed by atoms with Crippen LogP contribution in [0.2, 0.25) is 10.0 Å². The first-order valence-electron chi connectivity index (χ1n) is 4.16. The molecule has 0 aromatic heterocycles. The molecule has 2 rings (SSSR count). The zero-order valence-electron chi connectivity index (χ0n) is 7.51. The van der Waals surface area contributed by atoms with E-state index >= 15 is 0 Å². The van der Waals surface area contributed by atoms with Crippen LogP contribution in [0.15, 0.2) is 17.1 Å². The SMILES string of the molecule is N#CNC1=NCc2c(ccc(Cl)c2Cl)N1. The Kier molecular flexibility index (Phi) is 2.67. The van der Waals surface area contributed by atoms with Gasteiger partial charge in [-0.15, -0.1) is 0 Å². The fraction of sp³-hybridized carbons (Fsp3) is 0.111. The van der Waals surface area contributed by atoms with Gasteiger partial charge in [0, 0.05) is 11.3 Å². The predicted octanol–water partition coefficient (Wildman–Crippen LogP) is 2.35. The van der Waals surface area contributed by atoms with E-state index in [1.807, 2.05) is 0 Å². The zero-order valence-corrected chi connectivity index (χ0v) is 9.02. The van der Waals surface area contributed by atoms with E-state index in [2.05, 4.69) is 15.6 Å². The maximum absolute atomic E-state index is 8.44. The molecule has 1 aliphatic heterocycles. The van der Waals surface area contributed by atoms with E-state index in [1.54, 1.807) is 18.3 Å². The van der Waals surface area contributed by atoms with Crippen LogP contribution in [-0.4, -0.2) is 5.96 Å². The molecule has 0 amide bonds. The number of aliphatic imine (C=N–C) groups is 1. The smallest absolute Gasteiger partial charge is 0.209 e. The monoisotopic (exact) mass is 240 g/mol. The normalized spacial score (nSPS) is 13.3. The van der Waals surface area contributed by atoms with E-state index in [0.29, 0.717) is 22.5 Å². The first-order chi connectivity index (χ1) is 7.22. The Morgan fingerprint density at radius 1 is 1.47 bits per heavy atom. The second-order valence-electron chi connectivity index (χ2n) is 2.91. The van der Waals surface area contributed by atoms with E-state index in [1.165, 1.54) is 0 Å². The Morgan fingerprint density at radius 3 is 3.00 bits per heavy atom. The van der Waals surface area contributed by atoms with Crippen molar-refractivity contribution in [3.63, 3.8) is 0 Å². The number of nitrogens with one attached hydrogen (secondary N) is 2. The number of benzene rings is 1. The van der Waals surface area contributed by atoms with E-state index in [9.17, 15) is 0 Å². The molecule has 0 fully saturated rings. The molecule has 0 bridgehead atoms. The van der Waals surface area contributed by atoms with E-state index in [-0.39, 0.29) is 0 Å². The van der Waals surface area contributed by atoms with Gasteiger partial charge in [-0.3, -0.25) is 5.32 Å². The van der Waals surface area contributed by atoms with Crippen molar-refractivity contribution in [2.45, 2.75) is 6.54 Å². The summed E-state index contributed by atoms with van der Waals surface area (Å²) in [6.45, 7) is 0.408. The quantitative estimate of drug-likeness (QED) is 0.541. The lowest BCUT2D eigenvalue weighted by Crippen LogP contribution is -2.29. The van der Waals surface area contributed by atoms with Gasteiger partial charge < -0.3 is 5.32 Å². The summed E-state index contributed by atoms with van der Waals surface area (Å²) in [6, 6.07) is 3.50. The fourth-order valence-electron chi connectivity index (χ4n) is 1.31. The van der Waals surface area contributed by atoms with Crippen LogP contribution in [0.25, 0.3) is 0 Å². The van der Waals surface area contributed by atoms with Gasteiger partial charge in [0.2, 0.25) is 5.96 Å². The summed E-state index contributed by atoms with van der Waals surface area (Å²) in [5, 5.41) is 14.8. The Hall–Kier alpha value is -1.44. The molecule has 76 valence electrons. The maximum atomic E-state index is 8.44. The number of rotatable bonds is 0. The third-order valence-electron chi connectivity index (χ3n) is 2.02. The lowest BCUT2D eigenvalue weighted by Gasteiger charge is -2.18. The minimum Gasteiger partial charge on any atom is -0.325 e. The van der Waals surface area contributed by atoms with Crippen LogP contribution in [-0.2, 0) is 6.54 Å². The highest BCUT2D eigenvalue weighted by Gasteiger charge is 2.15. The largest absolute Gasteiger partial charge is 0.325 e. The van der Waals surface area contributed by atoms with Crippen LogP contribution >= 0.6 is 23.2 Å². The van der Waals surface area contributed by atoms with Crippen molar-refractivity contribution in [3.05, 3.63) is 27.7 Å². The highest BCUT2D eigenvalue weighted by atomic mass is 35.5. The summed E-state index contributed by atoms with van der Waals surface area (Å²) in [5.74, 6) is 0.420. The second kappa shape index (κ2) is 3.97. The number of nitrogens with zero attached hydrogens (tertiary/aromatic N) is 2. The van der Waals surface area contributed by atoms with Crippen LogP contribution in [0.3, 0.4) is 0 Å².